The highest BCUT2D eigenvalue weighted by Crippen LogP contribution is 2.26. The van der Waals surface area contributed by atoms with Crippen LogP contribution in [0, 0.1) is 6.92 Å². The predicted octanol–water partition coefficient (Wildman–Crippen LogP) is 3.78. The van der Waals surface area contributed by atoms with Gasteiger partial charge in [-0.25, -0.2) is 4.68 Å². The standard InChI is InChI=1S/C22H23N3O2/c1-16-12-23-25(13-16)20-10-8-19(9-11-20)22(26)24-14-17(2)27-21(15-24)18-6-4-3-5-7-18/h3-13,17,21H,14-15H2,1-2H3. The van der Waals surface area contributed by atoms with Crippen LogP contribution in [0.2, 0.25) is 0 Å². The first-order valence-corrected chi connectivity index (χ1v) is 9.21. The number of benzene rings is 2. The van der Waals surface area contributed by atoms with E-state index in [2.05, 4.69) is 5.10 Å². The van der Waals surface area contributed by atoms with E-state index in [9.17, 15) is 4.79 Å². The minimum Gasteiger partial charge on any atom is -0.367 e. The number of aryl methyl sites for hydroxylation is 1. The molecule has 27 heavy (non-hydrogen) atoms. The molecule has 138 valence electrons. The number of aromatic nitrogens is 2. The average molecular weight is 361 g/mol. The first-order valence-electron chi connectivity index (χ1n) is 9.21. The van der Waals surface area contributed by atoms with Crippen LogP contribution in [0.1, 0.15) is 34.5 Å². The van der Waals surface area contributed by atoms with E-state index in [0.717, 1.165) is 16.8 Å². The van der Waals surface area contributed by atoms with Gasteiger partial charge in [-0.3, -0.25) is 4.79 Å². The summed E-state index contributed by atoms with van der Waals surface area (Å²) in [7, 11) is 0. The topological polar surface area (TPSA) is 47.4 Å². The Morgan fingerprint density at radius 3 is 2.48 bits per heavy atom. The molecule has 2 atom stereocenters. The highest BCUT2D eigenvalue weighted by Gasteiger charge is 2.29. The molecule has 2 unspecified atom stereocenters. The number of ether oxygens (including phenoxy) is 1. The lowest BCUT2D eigenvalue weighted by atomic mass is 10.1. The molecule has 1 saturated heterocycles. The largest absolute Gasteiger partial charge is 0.367 e. The second kappa shape index (κ2) is 7.37. The Morgan fingerprint density at radius 2 is 1.81 bits per heavy atom. The monoisotopic (exact) mass is 361 g/mol. The molecule has 0 aliphatic carbocycles. The van der Waals surface area contributed by atoms with Crippen LogP contribution in [0.15, 0.2) is 67.0 Å². The number of morpholine rings is 1. The van der Waals surface area contributed by atoms with Crippen molar-refractivity contribution in [2.75, 3.05) is 13.1 Å². The van der Waals surface area contributed by atoms with Crippen molar-refractivity contribution in [1.82, 2.24) is 14.7 Å². The van der Waals surface area contributed by atoms with E-state index >= 15 is 0 Å². The summed E-state index contributed by atoms with van der Waals surface area (Å²) in [6, 6.07) is 17.7. The molecule has 1 aliphatic heterocycles. The van der Waals surface area contributed by atoms with Gasteiger partial charge in [-0.2, -0.15) is 5.10 Å². The number of hydrogen-bond acceptors (Lipinski definition) is 3. The van der Waals surface area contributed by atoms with Gasteiger partial charge in [0, 0.05) is 18.3 Å². The van der Waals surface area contributed by atoms with Gasteiger partial charge in [0.05, 0.1) is 24.5 Å². The third-order valence-corrected chi connectivity index (χ3v) is 4.81. The first-order chi connectivity index (χ1) is 13.1. The fourth-order valence-corrected chi connectivity index (χ4v) is 3.46. The Balaban J connectivity index is 1.51. The van der Waals surface area contributed by atoms with E-state index < -0.39 is 0 Å². The van der Waals surface area contributed by atoms with Crippen molar-refractivity contribution in [3.8, 4) is 5.69 Å². The zero-order chi connectivity index (χ0) is 18.8. The van der Waals surface area contributed by atoms with Crippen molar-refractivity contribution in [3.63, 3.8) is 0 Å². The van der Waals surface area contributed by atoms with Gasteiger partial charge in [0.25, 0.3) is 5.91 Å². The Hall–Kier alpha value is -2.92. The lowest BCUT2D eigenvalue weighted by Gasteiger charge is -2.37. The van der Waals surface area contributed by atoms with E-state index in [0.29, 0.717) is 18.7 Å². The molecule has 5 heteroatoms. The minimum atomic E-state index is -0.0924. The van der Waals surface area contributed by atoms with Gasteiger partial charge < -0.3 is 9.64 Å². The van der Waals surface area contributed by atoms with Crippen molar-refractivity contribution in [2.45, 2.75) is 26.1 Å². The first kappa shape index (κ1) is 17.5. The van der Waals surface area contributed by atoms with Crippen molar-refractivity contribution in [1.29, 1.82) is 0 Å². The molecule has 1 amide bonds. The van der Waals surface area contributed by atoms with Crippen LogP contribution in [0.25, 0.3) is 5.69 Å². The van der Waals surface area contributed by atoms with Crippen LogP contribution in [0.3, 0.4) is 0 Å². The number of hydrogen-bond donors (Lipinski definition) is 0. The third kappa shape index (κ3) is 3.78. The molecule has 0 N–H and O–H groups in total. The van der Waals surface area contributed by atoms with Crippen LogP contribution in [0.4, 0.5) is 0 Å². The van der Waals surface area contributed by atoms with E-state index in [-0.39, 0.29) is 18.1 Å². The molecule has 5 nitrogen and oxygen atoms in total. The zero-order valence-electron chi connectivity index (χ0n) is 15.6. The number of rotatable bonds is 3. The van der Waals surface area contributed by atoms with Gasteiger partial charge in [0.1, 0.15) is 6.10 Å². The molecule has 0 spiro atoms. The Labute approximate surface area is 159 Å². The zero-order valence-corrected chi connectivity index (χ0v) is 15.6. The summed E-state index contributed by atoms with van der Waals surface area (Å²) in [6.07, 6.45) is 3.69. The maximum Gasteiger partial charge on any atom is 0.254 e. The molecule has 0 saturated carbocycles. The van der Waals surface area contributed by atoms with Gasteiger partial charge in [0.15, 0.2) is 0 Å². The van der Waals surface area contributed by atoms with Crippen LogP contribution in [-0.4, -0.2) is 39.8 Å². The van der Waals surface area contributed by atoms with Crippen molar-refractivity contribution in [3.05, 3.63) is 83.7 Å². The SMILES string of the molecule is Cc1cnn(-c2ccc(C(=O)N3CC(C)OC(c4ccccc4)C3)cc2)c1. The molecule has 1 aromatic heterocycles. The number of carbonyl (C=O) groups excluding carboxylic acids is 1. The molecule has 0 radical (unpaired) electrons. The highest BCUT2D eigenvalue weighted by molar-refractivity contribution is 5.94. The normalized spacial score (nSPS) is 19.9. The average Bonchev–Trinajstić information content (AvgIpc) is 3.14. The van der Waals surface area contributed by atoms with Gasteiger partial charge >= 0.3 is 0 Å². The summed E-state index contributed by atoms with van der Waals surface area (Å²) < 4.78 is 7.87. The second-order valence-electron chi connectivity index (χ2n) is 7.07. The maximum atomic E-state index is 13.0. The van der Waals surface area contributed by atoms with Crippen molar-refractivity contribution < 1.29 is 9.53 Å². The Bertz CT molecular complexity index is 918. The van der Waals surface area contributed by atoms with Crippen LogP contribution < -0.4 is 0 Å². The lowest BCUT2D eigenvalue weighted by molar-refractivity contribution is -0.0691. The Morgan fingerprint density at radius 1 is 1.07 bits per heavy atom. The van der Waals surface area contributed by atoms with E-state index in [1.54, 1.807) is 0 Å². The summed E-state index contributed by atoms with van der Waals surface area (Å²) in [6.45, 7) is 5.18. The highest BCUT2D eigenvalue weighted by atomic mass is 16.5. The summed E-state index contributed by atoms with van der Waals surface area (Å²) >= 11 is 0. The second-order valence-corrected chi connectivity index (χ2v) is 7.07. The van der Waals surface area contributed by atoms with Gasteiger partial charge in [0.2, 0.25) is 0 Å². The quantitative estimate of drug-likeness (QED) is 0.713. The number of carbonyl (C=O) groups is 1. The molecule has 1 aliphatic rings. The van der Waals surface area contributed by atoms with E-state index in [1.807, 2.05) is 90.4 Å². The third-order valence-electron chi connectivity index (χ3n) is 4.81. The molecule has 0 bridgehead atoms. The van der Waals surface area contributed by atoms with Crippen LogP contribution in [0.5, 0.6) is 0 Å². The maximum absolute atomic E-state index is 13.0. The van der Waals surface area contributed by atoms with Gasteiger partial charge in [-0.05, 0) is 49.2 Å². The molecule has 2 aromatic carbocycles. The summed E-state index contributed by atoms with van der Waals surface area (Å²) in [4.78, 5) is 14.9. The molecule has 3 aromatic rings. The van der Waals surface area contributed by atoms with Crippen LogP contribution >= 0.6 is 0 Å². The van der Waals surface area contributed by atoms with Gasteiger partial charge in [-0.15, -0.1) is 0 Å². The number of amides is 1. The Kier molecular flexibility index (Phi) is 4.77. The lowest BCUT2D eigenvalue weighted by Crippen LogP contribution is -2.45. The summed E-state index contributed by atoms with van der Waals surface area (Å²) in [5, 5.41) is 4.31. The fraction of sp³-hybridized carbons (Fsp3) is 0.273. The van der Waals surface area contributed by atoms with E-state index in [1.165, 1.54) is 0 Å². The summed E-state index contributed by atoms with van der Waals surface area (Å²) in [5.74, 6) is 0.0364. The number of nitrogens with zero attached hydrogens (tertiary/aromatic N) is 3. The smallest absolute Gasteiger partial charge is 0.254 e. The molecule has 2 heterocycles. The molecular formula is C22H23N3O2. The van der Waals surface area contributed by atoms with Crippen molar-refractivity contribution in [2.24, 2.45) is 0 Å². The predicted molar refractivity (Wildman–Crippen MR) is 104 cm³/mol. The molecule has 1 fully saturated rings. The fourth-order valence-electron chi connectivity index (χ4n) is 3.46. The van der Waals surface area contributed by atoms with Crippen LogP contribution in [-0.2, 0) is 4.74 Å². The van der Waals surface area contributed by atoms with E-state index in [4.69, 9.17) is 4.74 Å². The molecular weight excluding hydrogens is 338 g/mol. The summed E-state index contributed by atoms with van der Waals surface area (Å²) in [5.41, 5.74) is 3.83. The van der Waals surface area contributed by atoms with Crippen molar-refractivity contribution >= 4 is 5.91 Å². The van der Waals surface area contributed by atoms with Gasteiger partial charge in [-0.1, -0.05) is 30.3 Å². The minimum absolute atomic E-state index is 0.000714. The molecule has 4 rings (SSSR count).